The monoisotopic (exact) mass is 504 g/mol. The Bertz CT molecular complexity index is 1620. The van der Waals surface area contributed by atoms with Gasteiger partial charge in [0.25, 0.3) is 5.56 Å². The number of hydrogen-bond donors (Lipinski definition) is 0. The lowest BCUT2D eigenvalue weighted by Crippen LogP contribution is -2.39. The number of carbonyl (C=O) groups is 1. The molecule has 0 fully saturated rings. The minimum absolute atomic E-state index is 0.173. The first kappa shape index (κ1) is 23.2. The Hall–Kier alpha value is -3.56. The van der Waals surface area contributed by atoms with E-state index in [4.69, 9.17) is 4.74 Å². The molecule has 1 atom stereocenters. The molecule has 9 heteroatoms. The molecule has 1 unspecified atom stereocenters. The predicted octanol–water partition coefficient (Wildman–Crippen LogP) is 3.66. The summed E-state index contributed by atoms with van der Waals surface area (Å²) in [5.74, 6) is -0.443. The fraction of sp³-hybridized carbons (Fsp3) is 0.231. The number of carbonyl (C=O) groups excluding carboxylic acids is 1. The van der Waals surface area contributed by atoms with Crippen molar-refractivity contribution in [2.75, 3.05) is 6.61 Å². The molecule has 4 aromatic rings. The number of thiazole rings is 1. The molecular formula is C26H24N4O3S2. The van der Waals surface area contributed by atoms with E-state index in [0.29, 0.717) is 20.6 Å². The molecule has 0 amide bonds. The second-order valence-electron chi connectivity index (χ2n) is 8.19. The maximum atomic E-state index is 13.7. The molecule has 0 saturated heterocycles. The number of thiophene rings is 1. The zero-order chi connectivity index (χ0) is 24.7. The highest BCUT2D eigenvalue weighted by molar-refractivity contribution is 7.10. The van der Waals surface area contributed by atoms with Gasteiger partial charge in [0.05, 0.1) is 34.3 Å². The molecule has 1 aliphatic rings. The Morgan fingerprint density at radius 1 is 1.23 bits per heavy atom. The van der Waals surface area contributed by atoms with Gasteiger partial charge in [0, 0.05) is 22.5 Å². The highest BCUT2D eigenvalue weighted by atomic mass is 32.1. The summed E-state index contributed by atoms with van der Waals surface area (Å²) in [4.78, 5) is 37.0. The summed E-state index contributed by atoms with van der Waals surface area (Å²) in [5.41, 5.74) is 4.78. The van der Waals surface area contributed by atoms with Crippen molar-refractivity contribution in [3.63, 3.8) is 0 Å². The maximum absolute atomic E-state index is 13.7. The SMILES string of the molecule is CCOC(=O)C1=C(C)N=c2s/c(=C\c3cc(C)n(-c4cccnc4)c3C)c(=O)n2C1c1cccs1. The molecule has 0 radical (unpaired) electrons. The third kappa shape index (κ3) is 4.00. The van der Waals surface area contributed by atoms with Crippen LogP contribution in [-0.2, 0) is 9.53 Å². The zero-order valence-electron chi connectivity index (χ0n) is 19.8. The summed E-state index contributed by atoms with van der Waals surface area (Å²) in [7, 11) is 0. The van der Waals surface area contributed by atoms with Crippen LogP contribution < -0.4 is 14.9 Å². The second-order valence-corrected chi connectivity index (χ2v) is 10.2. The summed E-state index contributed by atoms with van der Waals surface area (Å²) < 4.78 is 9.64. The molecule has 0 aromatic carbocycles. The van der Waals surface area contributed by atoms with Crippen molar-refractivity contribution < 1.29 is 9.53 Å². The van der Waals surface area contributed by atoms with Gasteiger partial charge < -0.3 is 9.30 Å². The number of pyridine rings is 1. The van der Waals surface area contributed by atoms with Gasteiger partial charge in [0.2, 0.25) is 0 Å². The topological polar surface area (TPSA) is 78.5 Å². The van der Waals surface area contributed by atoms with Crippen molar-refractivity contribution in [3.05, 3.63) is 101 Å². The van der Waals surface area contributed by atoms with Crippen molar-refractivity contribution in [2.45, 2.75) is 33.7 Å². The van der Waals surface area contributed by atoms with E-state index in [1.165, 1.54) is 22.7 Å². The Morgan fingerprint density at radius 3 is 2.74 bits per heavy atom. The number of aromatic nitrogens is 3. The van der Waals surface area contributed by atoms with Gasteiger partial charge in [-0.2, -0.15) is 0 Å². The van der Waals surface area contributed by atoms with Crippen LogP contribution in [0.3, 0.4) is 0 Å². The molecule has 5 rings (SSSR count). The number of rotatable bonds is 5. The van der Waals surface area contributed by atoms with Crippen molar-refractivity contribution in [1.82, 2.24) is 14.1 Å². The van der Waals surface area contributed by atoms with Gasteiger partial charge in [-0.15, -0.1) is 11.3 Å². The molecule has 178 valence electrons. The van der Waals surface area contributed by atoms with Crippen molar-refractivity contribution in [2.24, 2.45) is 4.99 Å². The zero-order valence-corrected chi connectivity index (χ0v) is 21.4. The van der Waals surface area contributed by atoms with Gasteiger partial charge in [0.1, 0.15) is 6.04 Å². The van der Waals surface area contributed by atoms with Gasteiger partial charge in [0.15, 0.2) is 4.80 Å². The minimum Gasteiger partial charge on any atom is -0.463 e. The third-order valence-corrected chi connectivity index (χ3v) is 7.90. The largest absolute Gasteiger partial charge is 0.463 e. The van der Waals surface area contributed by atoms with E-state index in [2.05, 4.69) is 20.6 Å². The summed E-state index contributed by atoms with van der Waals surface area (Å²) in [6.07, 6.45) is 5.47. The fourth-order valence-electron chi connectivity index (χ4n) is 4.47. The lowest BCUT2D eigenvalue weighted by molar-refractivity contribution is -0.139. The van der Waals surface area contributed by atoms with E-state index in [1.807, 2.05) is 55.8 Å². The van der Waals surface area contributed by atoms with Crippen molar-refractivity contribution in [3.8, 4) is 5.69 Å². The van der Waals surface area contributed by atoms with Crippen molar-refractivity contribution in [1.29, 1.82) is 0 Å². The first-order valence-corrected chi connectivity index (χ1v) is 12.9. The molecule has 0 aliphatic carbocycles. The van der Waals surface area contributed by atoms with Crippen LogP contribution in [0.1, 0.15) is 41.7 Å². The van der Waals surface area contributed by atoms with E-state index in [1.54, 1.807) is 24.6 Å². The summed E-state index contributed by atoms with van der Waals surface area (Å²) in [5, 5.41) is 1.94. The Kier molecular flexibility index (Phi) is 6.12. The standard InChI is InChI=1S/C26H24N4O3S2/c1-5-33-25(32)22-16(3)28-26-30(23(22)20-9-7-11-34-20)24(31)21(35-26)13-18-12-15(2)29(17(18)4)19-8-6-10-27-14-19/h6-14,23H,5H2,1-4H3/b21-13-. The average molecular weight is 505 g/mol. The summed E-state index contributed by atoms with van der Waals surface area (Å²) >= 11 is 2.84. The number of ether oxygens (including phenoxy) is 1. The van der Waals surface area contributed by atoms with E-state index in [-0.39, 0.29) is 12.2 Å². The summed E-state index contributed by atoms with van der Waals surface area (Å²) in [6.45, 7) is 7.88. The van der Waals surface area contributed by atoms with Gasteiger partial charge >= 0.3 is 5.97 Å². The molecule has 5 heterocycles. The van der Waals surface area contributed by atoms with Gasteiger partial charge in [-0.25, -0.2) is 9.79 Å². The Balaban J connectivity index is 1.68. The van der Waals surface area contributed by atoms with Crippen molar-refractivity contribution >= 4 is 34.7 Å². The first-order valence-electron chi connectivity index (χ1n) is 11.2. The van der Waals surface area contributed by atoms with Crippen LogP contribution in [0, 0.1) is 13.8 Å². The molecule has 4 aromatic heterocycles. The third-order valence-electron chi connectivity index (χ3n) is 5.99. The van der Waals surface area contributed by atoms with Crippen LogP contribution >= 0.6 is 22.7 Å². The van der Waals surface area contributed by atoms with Gasteiger partial charge in [-0.05, 0) is 69.0 Å². The molecule has 0 spiro atoms. The molecule has 35 heavy (non-hydrogen) atoms. The number of fused-ring (bicyclic) bond motifs is 1. The van der Waals surface area contributed by atoms with E-state index >= 15 is 0 Å². The van der Waals surface area contributed by atoms with E-state index in [0.717, 1.165) is 27.5 Å². The van der Waals surface area contributed by atoms with Crippen LogP contribution in [0.25, 0.3) is 11.8 Å². The molecule has 0 N–H and O–H groups in total. The van der Waals surface area contributed by atoms with Crippen LogP contribution in [0.4, 0.5) is 0 Å². The lowest BCUT2D eigenvalue weighted by Gasteiger charge is -2.23. The molecule has 0 saturated carbocycles. The number of nitrogens with zero attached hydrogens (tertiary/aromatic N) is 4. The number of hydrogen-bond acceptors (Lipinski definition) is 7. The molecule has 1 aliphatic heterocycles. The maximum Gasteiger partial charge on any atom is 0.338 e. The van der Waals surface area contributed by atoms with Gasteiger partial charge in [-0.3, -0.25) is 14.3 Å². The van der Waals surface area contributed by atoms with Gasteiger partial charge in [-0.1, -0.05) is 17.4 Å². The first-order chi connectivity index (χ1) is 16.9. The second kappa shape index (κ2) is 9.24. The van der Waals surface area contributed by atoms with Crippen LogP contribution in [0.2, 0.25) is 0 Å². The number of aryl methyl sites for hydroxylation is 1. The highest BCUT2D eigenvalue weighted by Crippen LogP contribution is 2.33. The van der Waals surface area contributed by atoms with Crippen LogP contribution in [0.5, 0.6) is 0 Å². The van der Waals surface area contributed by atoms with E-state index in [9.17, 15) is 9.59 Å². The average Bonchev–Trinajstić information content (AvgIpc) is 3.53. The normalized spacial score (nSPS) is 15.8. The lowest BCUT2D eigenvalue weighted by atomic mass is 10.0. The molecular weight excluding hydrogens is 480 g/mol. The summed E-state index contributed by atoms with van der Waals surface area (Å²) in [6, 6.07) is 9.26. The fourth-order valence-corrected chi connectivity index (χ4v) is 6.33. The molecule has 7 nitrogen and oxygen atoms in total. The molecule has 0 bridgehead atoms. The number of allylic oxidation sites excluding steroid dienone is 1. The Morgan fingerprint density at radius 2 is 2.06 bits per heavy atom. The number of esters is 1. The van der Waals surface area contributed by atoms with E-state index < -0.39 is 12.0 Å². The van der Waals surface area contributed by atoms with Crippen LogP contribution in [0.15, 0.2) is 69.2 Å². The quantitative estimate of drug-likeness (QED) is 0.389. The smallest absolute Gasteiger partial charge is 0.338 e. The van der Waals surface area contributed by atoms with Crippen LogP contribution in [-0.4, -0.2) is 26.7 Å². The highest BCUT2D eigenvalue weighted by Gasteiger charge is 2.33. The minimum atomic E-state index is -0.560. The predicted molar refractivity (Wildman–Crippen MR) is 138 cm³/mol. The Labute approximate surface area is 210 Å².